The van der Waals surface area contributed by atoms with Crippen molar-refractivity contribution in [3.63, 3.8) is 0 Å². The number of fused-ring (bicyclic) bond motifs is 1. The average Bonchev–Trinajstić information content (AvgIpc) is 3.04. The number of hydrogen-bond donors (Lipinski definition) is 1. The number of rotatable bonds is 6. The summed E-state index contributed by atoms with van der Waals surface area (Å²) in [7, 11) is 0. The molecule has 1 amide bonds. The van der Waals surface area contributed by atoms with Crippen LogP contribution >= 0.6 is 15.9 Å². The number of halogens is 7. The first-order valence-corrected chi connectivity index (χ1v) is 15.0. The fourth-order valence-electron chi connectivity index (χ4n) is 5.82. The maximum absolute atomic E-state index is 14.1. The van der Waals surface area contributed by atoms with Gasteiger partial charge in [0.2, 0.25) is 0 Å². The lowest BCUT2D eigenvalue weighted by Crippen LogP contribution is -2.62. The number of alkyl halides is 6. The highest BCUT2D eigenvalue weighted by Gasteiger charge is 2.49. The van der Waals surface area contributed by atoms with Gasteiger partial charge in [-0.25, -0.2) is 14.8 Å². The van der Waals surface area contributed by atoms with E-state index >= 15 is 0 Å². The summed E-state index contributed by atoms with van der Waals surface area (Å²) in [4.78, 5) is 23.4. The Morgan fingerprint density at radius 3 is 2.30 bits per heavy atom. The first-order valence-electron chi connectivity index (χ1n) is 14.3. The van der Waals surface area contributed by atoms with Gasteiger partial charge >= 0.3 is 18.4 Å². The summed E-state index contributed by atoms with van der Waals surface area (Å²) in [5, 5.41) is 9.63. The zero-order chi connectivity index (χ0) is 34.1. The number of benzene rings is 3. The molecule has 1 aliphatic rings. The molecule has 1 aliphatic heterocycles. The van der Waals surface area contributed by atoms with E-state index in [4.69, 9.17) is 10.5 Å². The first-order chi connectivity index (χ1) is 22.1. The van der Waals surface area contributed by atoms with Gasteiger partial charge in [-0.05, 0) is 81.9 Å². The number of hydrogen-bond acceptors (Lipinski definition) is 6. The van der Waals surface area contributed by atoms with E-state index in [-0.39, 0.29) is 47.7 Å². The molecular formula is C33H26BrF6N5O2. The maximum atomic E-state index is 14.1. The summed E-state index contributed by atoms with van der Waals surface area (Å²) >= 11 is 3.23. The lowest BCUT2D eigenvalue weighted by atomic mass is 9.71. The average molecular weight is 718 g/mol. The fraction of sp³-hybridized carbons (Fsp3) is 0.273. The maximum Gasteiger partial charge on any atom is 0.416 e. The molecular weight excluding hydrogens is 692 g/mol. The van der Waals surface area contributed by atoms with Crippen molar-refractivity contribution < 1.29 is 35.9 Å². The third-order valence-corrected chi connectivity index (χ3v) is 8.52. The minimum absolute atomic E-state index is 0.00810. The van der Waals surface area contributed by atoms with Crippen molar-refractivity contribution in [2.24, 2.45) is 5.73 Å². The molecule has 1 aromatic heterocycles. The monoisotopic (exact) mass is 717 g/mol. The Morgan fingerprint density at radius 1 is 1.04 bits per heavy atom. The molecule has 0 saturated carbocycles. The molecule has 4 aromatic rings. The van der Waals surface area contributed by atoms with Gasteiger partial charge in [-0.2, -0.15) is 31.6 Å². The smallest absolute Gasteiger partial charge is 0.416 e. The number of ether oxygens (including phenoxy) is 1. The molecule has 1 unspecified atom stereocenters. The molecule has 3 atom stereocenters. The summed E-state index contributed by atoms with van der Waals surface area (Å²) in [6.45, 7) is 1.53. The number of aromatic nitrogens is 2. The van der Waals surface area contributed by atoms with E-state index in [1.165, 1.54) is 18.5 Å². The predicted octanol–water partition coefficient (Wildman–Crippen LogP) is 8.68. The summed E-state index contributed by atoms with van der Waals surface area (Å²) in [6.07, 6.45) is -7.99. The van der Waals surface area contributed by atoms with Gasteiger partial charge in [0.25, 0.3) is 0 Å². The zero-order valence-electron chi connectivity index (χ0n) is 24.6. The topological polar surface area (TPSA) is 105 Å². The Kier molecular flexibility index (Phi) is 9.34. The van der Waals surface area contributed by atoms with Crippen LogP contribution in [0, 0.1) is 11.3 Å². The van der Waals surface area contributed by atoms with E-state index in [0.29, 0.717) is 16.1 Å². The lowest BCUT2D eigenvalue weighted by Gasteiger charge is -2.48. The Hall–Kier alpha value is -4.48. The molecule has 3 aromatic carbocycles. The van der Waals surface area contributed by atoms with Gasteiger partial charge in [0.05, 0.1) is 44.5 Å². The van der Waals surface area contributed by atoms with E-state index in [1.54, 1.807) is 43.3 Å². The second kappa shape index (κ2) is 13.0. The number of anilines is 1. The molecule has 47 heavy (non-hydrogen) atoms. The normalized spacial score (nSPS) is 18.6. The van der Waals surface area contributed by atoms with E-state index in [1.807, 2.05) is 0 Å². The molecule has 244 valence electrons. The lowest BCUT2D eigenvalue weighted by molar-refractivity contribution is -0.138. The number of nitriles is 1. The molecule has 7 nitrogen and oxygen atoms in total. The van der Waals surface area contributed by atoms with E-state index in [0.717, 1.165) is 29.2 Å². The zero-order valence-corrected chi connectivity index (χ0v) is 26.2. The number of carbonyl (C=O) groups excluding carboxylic acids is 1. The van der Waals surface area contributed by atoms with Crippen LogP contribution in [0.2, 0.25) is 0 Å². The minimum Gasteiger partial charge on any atom is -0.444 e. The van der Waals surface area contributed by atoms with Crippen molar-refractivity contribution in [3.05, 3.63) is 123 Å². The third-order valence-electron chi connectivity index (χ3n) is 8.11. The van der Waals surface area contributed by atoms with Gasteiger partial charge in [-0.3, -0.25) is 4.90 Å². The third kappa shape index (κ3) is 7.11. The standard InChI is InChI=1S/C33H26BrF6N5O2/c1-2-31(42)14-26(28(29-43-16-24(34)17-44-29)21-10-20(15-41)11-23(12-21)33(38,39)40)25-13-22(32(35,36)37)8-9-27(25)45(31)30(46)47-18-19-6-4-3-5-7-19/h3-13,16-17,26,28H,2,14,18,42H2,1H3/t26-,28?,31-/m1/s1. The van der Waals surface area contributed by atoms with Gasteiger partial charge in [0, 0.05) is 18.3 Å². The van der Waals surface area contributed by atoms with Crippen molar-refractivity contribution in [2.75, 3.05) is 4.90 Å². The highest BCUT2D eigenvalue weighted by molar-refractivity contribution is 9.10. The Labute approximate surface area is 274 Å². The largest absolute Gasteiger partial charge is 0.444 e. The molecule has 2 heterocycles. The van der Waals surface area contributed by atoms with Crippen LogP contribution in [0.4, 0.5) is 36.8 Å². The molecule has 0 radical (unpaired) electrons. The molecule has 0 fully saturated rings. The van der Waals surface area contributed by atoms with Crippen LogP contribution in [-0.4, -0.2) is 21.7 Å². The highest BCUT2D eigenvalue weighted by Crippen LogP contribution is 2.52. The van der Waals surface area contributed by atoms with Gasteiger partial charge < -0.3 is 10.5 Å². The Bertz CT molecular complexity index is 1810. The SMILES string of the molecule is CC[C@]1(N)C[C@@H](C(c2cc(C#N)cc(C(F)(F)F)c2)c2ncc(Br)cn2)c2cc(C(F)(F)F)ccc2N1C(=O)OCc1ccccc1. The van der Waals surface area contributed by atoms with Gasteiger partial charge in [-0.1, -0.05) is 37.3 Å². The van der Waals surface area contributed by atoms with Crippen molar-refractivity contribution in [1.82, 2.24) is 9.97 Å². The second-order valence-electron chi connectivity index (χ2n) is 11.1. The van der Waals surface area contributed by atoms with Crippen molar-refractivity contribution in [2.45, 2.75) is 56.2 Å². The van der Waals surface area contributed by atoms with Crippen LogP contribution in [0.15, 0.2) is 83.6 Å². The summed E-state index contributed by atoms with van der Waals surface area (Å²) in [6, 6.07) is 16.0. The number of nitrogens with zero attached hydrogens (tertiary/aromatic N) is 4. The second-order valence-corrected chi connectivity index (χ2v) is 12.0. The molecule has 0 saturated heterocycles. The quantitative estimate of drug-likeness (QED) is 0.200. The van der Waals surface area contributed by atoms with E-state index < -0.39 is 47.1 Å². The predicted molar refractivity (Wildman–Crippen MR) is 163 cm³/mol. The summed E-state index contributed by atoms with van der Waals surface area (Å²) in [5.74, 6) is -2.34. The Morgan fingerprint density at radius 2 is 1.70 bits per heavy atom. The number of nitrogens with two attached hydrogens (primary N) is 1. The van der Waals surface area contributed by atoms with E-state index in [2.05, 4.69) is 25.9 Å². The van der Waals surface area contributed by atoms with Crippen LogP contribution in [0.3, 0.4) is 0 Å². The van der Waals surface area contributed by atoms with Gasteiger partial charge in [-0.15, -0.1) is 0 Å². The van der Waals surface area contributed by atoms with Crippen molar-refractivity contribution in [3.8, 4) is 6.07 Å². The Balaban J connectivity index is 1.74. The van der Waals surface area contributed by atoms with Crippen LogP contribution in [0.5, 0.6) is 0 Å². The molecule has 5 rings (SSSR count). The highest BCUT2D eigenvalue weighted by atomic mass is 79.9. The van der Waals surface area contributed by atoms with Crippen LogP contribution in [-0.2, 0) is 23.7 Å². The first kappa shape index (κ1) is 33.9. The van der Waals surface area contributed by atoms with Crippen LogP contribution in [0.1, 0.15) is 70.8 Å². The van der Waals surface area contributed by atoms with Gasteiger partial charge in [0.1, 0.15) is 12.4 Å². The fourth-order valence-corrected chi connectivity index (χ4v) is 6.03. The number of carbonyl (C=O) groups is 1. The van der Waals surface area contributed by atoms with Crippen LogP contribution in [0.25, 0.3) is 0 Å². The molecule has 2 N–H and O–H groups in total. The molecule has 14 heteroatoms. The summed E-state index contributed by atoms with van der Waals surface area (Å²) < 4.78 is 90.5. The minimum atomic E-state index is -4.85. The van der Waals surface area contributed by atoms with Crippen molar-refractivity contribution >= 4 is 27.7 Å². The van der Waals surface area contributed by atoms with Crippen molar-refractivity contribution in [1.29, 1.82) is 5.26 Å². The van der Waals surface area contributed by atoms with Gasteiger partial charge in [0.15, 0.2) is 0 Å². The molecule has 0 bridgehead atoms. The summed E-state index contributed by atoms with van der Waals surface area (Å²) in [5.41, 5.74) is 3.39. The van der Waals surface area contributed by atoms with E-state index in [9.17, 15) is 36.4 Å². The number of amides is 1. The molecule has 0 aliphatic carbocycles. The van der Waals surface area contributed by atoms with Crippen LogP contribution < -0.4 is 10.6 Å². The molecule has 0 spiro atoms.